The Hall–Kier alpha value is -2.69. The summed E-state index contributed by atoms with van der Waals surface area (Å²) in [5, 5.41) is 0. The van der Waals surface area contributed by atoms with Gasteiger partial charge in [-0.25, -0.2) is 0 Å². The van der Waals surface area contributed by atoms with E-state index in [1.807, 2.05) is 12.1 Å². The van der Waals surface area contributed by atoms with E-state index in [4.69, 9.17) is 10.5 Å². The second-order valence-corrected chi connectivity index (χ2v) is 10.9. The Morgan fingerprint density at radius 3 is 1.89 bits per heavy atom. The Bertz CT molecular complexity index is 1180. The van der Waals surface area contributed by atoms with Crippen LogP contribution in [0.4, 0.5) is 4.48 Å². The van der Waals surface area contributed by atoms with Crippen molar-refractivity contribution in [2.45, 2.75) is 75.5 Å². The second-order valence-electron chi connectivity index (χ2n) is 10.9. The van der Waals surface area contributed by atoms with Crippen LogP contribution in [-0.4, -0.2) is 29.6 Å². The first-order valence-electron chi connectivity index (χ1n) is 13.2. The van der Waals surface area contributed by atoms with E-state index in [-0.39, 0.29) is 12.1 Å². The first-order valence-corrected chi connectivity index (χ1v) is 13.2. The number of hydrogen-bond donors (Lipinski definition) is 1. The normalized spacial score (nSPS) is 27.2. The molecule has 3 nitrogen and oxygen atoms in total. The summed E-state index contributed by atoms with van der Waals surface area (Å²) in [6.07, 6.45) is 6.99. The Morgan fingerprint density at radius 2 is 1.31 bits per heavy atom. The molecule has 0 aliphatic heterocycles. The molecule has 0 saturated heterocycles. The van der Waals surface area contributed by atoms with E-state index in [9.17, 15) is 0 Å². The van der Waals surface area contributed by atoms with Crippen LogP contribution < -0.4 is 10.5 Å². The molecule has 3 unspecified atom stereocenters. The van der Waals surface area contributed by atoms with Crippen molar-refractivity contribution in [1.29, 1.82) is 0 Å². The first kappa shape index (κ1) is 22.8. The minimum atomic E-state index is -0.951. The van der Waals surface area contributed by atoms with Gasteiger partial charge in [0.2, 0.25) is 0 Å². The molecule has 2 N–H and O–H groups in total. The maximum Gasteiger partial charge on any atom is 0.190 e. The summed E-state index contributed by atoms with van der Waals surface area (Å²) >= 11 is 0. The number of rotatable bonds is 4. The van der Waals surface area contributed by atoms with Crippen LogP contribution in [0.5, 0.6) is 5.75 Å². The molecular weight excluding hydrogens is 435 g/mol. The molecule has 35 heavy (non-hydrogen) atoms. The zero-order chi connectivity index (χ0) is 24.0. The topological polar surface area (TPSA) is 35.2 Å². The summed E-state index contributed by atoms with van der Waals surface area (Å²) in [5.41, 5.74) is 14.0. The first-order chi connectivity index (χ1) is 17.0. The highest BCUT2D eigenvalue weighted by Crippen LogP contribution is 2.47. The number of benzene rings is 3. The van der Waals surface area contributed by atoms with Gasteiger partial charge in [-0.3, -0.25) is 5.73 Å². The van der Waals surface area contributed by atoms with Gasteiger partial charge in [0.15, 0.2) is 5.66 Å². The average Bonchev–Trinajstić information content (AvgIpc) is 2.91. The van der Waals surface area contributed by atoms with E-state index >= 15 is 4.48 Å². The van der Waals surface area contributed by atoms with E-state index in [2.05, 4.69) is 54.6 Å². The van der Waals surface area contributed by atoms with Gasteiger partial charge < -0.3 is 4.74 Å². The van der Waals surface area contributed by atoms with Gasteiger partial charge in [-0.15, -0.1) is 4.71 Å². The number of halogens is 1. The lowest BCUT2D eigenvalue weighted by Gasteiger charge is -2.53. The quantitative estimate of drug-likeness (QED) is 0.394. The van der Waals surface area contributed by atoms with Crippen molar-refractivity contribution in [1.82, 2.24) is 0 Å². The van der Waals surface area contributed by atoms with Crippen molar-refractivity contribution in [2.75, 3.05) is 7.11 Å². The summed E-state index contributed by atoms with van der Waals surface area (Å²) in [6.45, 7) is 0. The van der Waals surface area contributed by atoms with Gasteiger partial charge in [-0.1, -0.05) is 60.7 Å². The third kappa shape index (κ3) is 3.70. The molecule has 6 rings (SSSR count). The van der Waals surface area contributed by atoms with Gasteiger partial charge in [0, 0.05) is 38.5 Å². The third-order valence-electron chi connectivity index (χ3n) is 9.14. The number of methoxy groups -OCH3 is 1. The van der Waals surface area contributed by atoms with Gasteiger partial charge >= 0.3 is 0 Å². The maximum absolute atomic E-state index is 18.3. The molecule has 3 aromatic carbocycles. The Labute approximate surface area is 208 Å². The predicted molar refractivity (Wildman–Crippen MR) is 138 cm³/mol. The lowest BCUT2D eigenvalue weighted by Crippen LogP contribution is -2.75. The number of aryl methyl sites for hydroxylation is 2. The summed E-state index contributed by atoms with van der Waals surface area (Å²) in [4.78, 5) is 0. The summed E-state index contributed by atoms with van der Waals surface area (Å²) in [7, 11) is 1.72. The zero-order valence-corrected chi connectivity index (χ0v) is 20.7. The summed E-state index contributed by atoms with van der Waals surface area (Å²) in [6, 6.07) is 23.1. The Kier molecular flexibility index (Phi) is 5.69. The number of ether oxygens (including phenoxy) is 1. The van der Waals surface area contributed by atoms with Crippen LogP contribution in [0.1, 0.15) is 52.6 Å². The number of nitrogens with zero attached hydrogens (tertiary/aromatic N) is 1. The van der Waals surface area contributed by atoms with Crippen molar-refractivity contribution in [3.05, 3.63) is 100 Å². The van der Waals surface area contributed by atoms with E-state index in [0.29, 0.717) is 12.8 Å². The Balaban J connectivity index is 1.41. The molecule has 4 heteroatoms. The molecule has 0 saturated carbocycles. The van der Waals surface area contributed by atoms with Gasteiger partial charge in [0.05, 0.1) is 7.11 Å². The van der Waals surface area contributed by atoms with Gasteiger partial charge in [-0.05, 0) is 63.2 Å². The third-order valence-corrected chi connectivity index (χ3v) is 9.14. The van der Waals surface area contributed by atoms with Crippen LogP contribution in [0.2, 0.25) is 0 Å². The van der Waals surface area contributed by atoms with Crippen molar-refractivity contribution in [3.8, 4) is 5.75 Å². The predicted octanol–water partition coefficient (Wildman–Crippen LogP) is 5.66. The molecule has 3 aliphatic carbocycles. The molecule has 0 heterocycles. The fourth-order valence-electron chi connectivity index (χ4n) is 7.33. The number of quaternary nitrogens is 1. The lowest BCUT2D eigenvalue weighted by atomic mass is 9.76. The average molecular weight is 472 g/mol. The molecule has 3 aliphatic rings. The molecule has 0 amide bonds. The van der Waals surface area contributed by atoms with Gasteiger partial charge in [0.1, 0.15) is 17.8 Å². The van der Waals surface area contributed by atoms with E-state index < -0.39 is 10.4 Å². The van der Waals surface area contributed by atoms with Crippen LogP contribution >= 0.6 is 0 Å². The van der Waals surface area contributed by atoms with Crippen LogP contribution in [0.25, 0.3) is 0 Å². The summed E-state index contributed by atoms with van der Waals surface area (Å²) in [5.74, 6) is 0.902. The molecule has 0 spiro atoms. The van der Waals surface area contributed by atoms with Crippen LogP contribution in [0, 0.1) is 0 Å². The standard InChI is InChI=1S/C31H36FN2O/c1-35-30-12-6-11-26-21-31(33,18-17-29(26)30)34(32,27-15-13-22-7-2-4-9-24(22)19-27)28-16-14-23-8-3-5-10-25(23)20-28/h2-12,27-28H,13-21,33H2,1H3/q+1. The SMILES string of the molecule is COc1cccc2c1CCC(N)([N+](F)(C1CCc3ccccc3C1)C1CCc3ccccc3C1)C2. The monoisotopic (exact) mass is 471 g/mol. The van der Waals surface area contributed by atoms with Gasteiger partial charge in [-0.2, -0.15) is 0 Å². The van der Waals surface area contributed by atoms with Crippen LogP contribution in [0.3, 0.4) is 0 Å². The Morgan fingerprint density at radius 1 is 0.771 bits per heavy atom. The minimum Gasteiger partial charge on any atom is -0.496 e. The minimum absolute atomic E-state index is 0.127. The molecule has 0 bridgehead atoms. The van der Waals surface area contributed by atoms with Gasteiger partial charge in [0.25, 0.3) is 0 Å². The van der Waals surface area contributed by atoms with E-state index in [1.54, 1.807) is 7.11 Å². The van der Waals surface area contributed by atoms with Crippen molar-refractivity contribution < 1.29 is 13.9 Å². The molecule has 0 aromatic heterocycles. The smallest absolute Gasteiger partial charge is 0.190 e. The van der Waals surface area contributed by atoms with Crippen molar-refractivity contribution in [2.24, 2.45) is 5.73 Å². The highest BCUT2D eigenvalue weighted by Gasteiger charge is 2.61. The molecule has 3 aromatic rings. The second kappa shape index (κ2) is 8.76. The number of nitrogens with two attached hydrogens (primary N) is 1. The molecule has 0 radical (unpaired) electrons. The van der Waals surface area contributed by atoms with Crippen molar-refractivity contribution in [3.63, 3.8) is 0 Å². The molecule has 0 fully saturated rings. The van der Waals surface area contributed by atoms with Crippen LogP contribution in [-0.2, 0) is 38.5 Å². The van der Waals surface area contributed by atoms with E-state index in [1.165, 1.54) is 27.8 Å². The van der Waals surface area contributed by atoms with Crippen molar-refractivity contribution >= 4 is 0 Å². The molecule has 182 valence electrons. The lowest BCUT2D eigenvalue weighted by molar-refractivity contribution is -1.13. The fourth-order valence-corrected chi connectivity index (χ4v) is 7.33. The molecular formula is C31H36FN2O+. The number of hydrogen-bond acceptors (Lipinski definition) is 2. The highest BCUT2D eigenvalue weighted by atomic mass is 19.2. The number of fused-ring (bicyclic) bond motifs is 3. The summed E-state index contributed by atoms with van der Waals surface area (Å²) < 4.78 is 23.4. The molecule has 3 atom stereocenters. The fraction of sp³-hybridized carbons (Fsp3) is 0.419. The highest BCUT2D eigenvalue weighted by molar-refractivity contribution is 5.43. The van der Waals surface area contributed by atoms with Crippen LogP contribution in [0.15, 0.2) is 66.7 Å². The zero-order valence-electron chi connectivity index (χ0n) is 20.7. The largest absolute Gasteiger partial charge is 0.496 e. The maximum atomic E-state index is 18.3. The van der Waals surface area contributed by atoms with E-state index in [0.717, 1.165) is 56.3 Å².